The van der Waals surface area contributed by atoms with E-state index in [2.05, 4.69) is 4.98 Å². The Morgan fingerprint density at radius 2 is 1.93 bits per heavy atom. The zero-order chi connectivity index (χ0) is 31.0. The minimum atomic E-state index is -4.82. The number of aldehydes is 1. The van der Waals surface area contributed by atoms with Gasteiger partial charge in [-0.15, -0.1) is 0 Å². The number of hydrogen-bond acceptors (Lipinski definition) is 7. The Balaban J connectivity index is 1.61. The number of carbonyl (C=O) groups excluding carboxylic acids is 2. The second-order valence-corrected chi connectivity index (χ2v) is 11.9. The van der Waals surface area contributed by atoms with Crippen LogP contribution in [-0.4, -0.2) is 63.2 Å². The Bertz CT molecular complexity index is 1490. The smallest absolute Gasteiger partial charge is 0.419 e. The molecule has 224 valence electrons. The minimum Gasteiger partial charge on any atom is -0.444 e. The number of pyridine rings is 2. The van der Waals surface area contributed by atoms with Crippen LogP contribution < -0.4 is 15.4 Å². The predicted octanol–water partition coefficient (Wildman–Crippen LogP) is 4.35. The van der Waals surface area contributed by atoms with Gasteiger partial charge in [0.25, 0.3) is 5.56 Å². The molecule has 2 aliphatic rings. The summed E-state index contributed by atoms with van der Waals surface area (Å²) in [5.41, 5.74) is -3.55. The molecular weight excluding hydrogens is 573 g/mol. The quantitative estimate of drug-likeness (QED) is 0.351. The van der Waals surface area contributed by atoms with Crippen molar-refractivity contribution < 1.29 is 27.5 Å². The van der Waals surface area contributed by atoms with E-state index in [1.807, 2.05) is 0 Å². The summed E-state index contributed by atoms with van der Waals surface area (Å²) in [6, 6.07) is 5.11. The standard InChI is InChI=1S/C28H31F3N6O4S/c1-26(2,3)41-25(40)36-14-18(15-36)13-35-16-19(6-7-23(35)39)37(27(17-38)8-5-9-27)24(42)34(4)20-10-21(28(29,30)31)22(11-32)33-12-20/h6-7,10,12,16-18H,5,8-9,13-15H2,1-4H3. The average molecular weight is 605 g/mol. The molecule has 1 saturated carbocycles. The van der Waals surface area contributed by atoms with Gasteiger partial charge in [0.2, 0.25) is 0 Å². The summed E-state index contributed by atoms with van der Waals surface area (Å²) < 4.78 is 47.7. The molecular formula is C28H31F3N6O4S. The topological polar surface area (TPSA) is 112 Å². The van der Waals surface area contributed by atoms with Gasteiger partial charge in [0.15, 0.2) is 10.8 Å². The number of hydrogen-bond donors (Lipinski definition) is 0. The van der Waals surface area contributed by atoms with E-state index < -0.39 is 34.7 Å². The van der Waals surface area contributed by atoms with Crippen molar-refractivity contribution in [2.75, 3.05) is 29.9 Å². The second-order valence-electron chi connectivity index (χ2n) is 11.6. The van der Waals surface area contributed by atoms with Crippen LogP contribution in [0, 0.1) is 17.2 Å². The third-order valence-corrected chi connectivity index (χ3v) is 7.78. The monoisotopic (exact) mass is 604 g/mol. The molecule has 2 aromatic heterocycles. The van der Waals surface area contributed by atoms with Crippen molar-refractivity contribution in [3.8, 4) is 6.07 Å². The molecule has 1 amide bonds. The van der Waals surface area contributed by atoms with Crippen LogP contribution in [0.5, 0.6) is 0 Å². The van der Waals surface area contributed by atoms with Crippen molar-refractivity contribution in [1.29, 1.82) is 5.26 Å². The summed E-state index contributed by atoms with van der Waals surface area (Å²) in [6.07, 6.45) is -0.142. The molecule has 0 atom stereocenters. The number of nitriles is 1. The average Bonchev–Trinajstić information content (AvgIpc) is 2.86. The highest BCUT2D eigenvalue weighted by molar-refractivity contribution is 7.80. The highest BCUT2D eigenvalue weighted by Gasteiger charge is 2.46. The van der Waals surface area contributed by atoms with Gasteiger partial charge in [-0.3, -0.25) is 4.79 Å². The van der Waals surface area contributed by atoms with E-state index in [-0.39, 0.29) is 22.3 Å². The maximum atomic E-state index is 13.6. The maximum absolute atomic E-state index is 13.6. The number of anilines is 2. The van der Waals surface area contributed by atoms with Gasteiger partial charge in [0.1, 0.15) is 23.5 Å². The number of ether oxygens (including phenoxy) is 1. The Morgan fingerprint density at radius 3 is 2.45 bits per heavy atom. The van der Waals surface area contributed by atoms with Crippen LogP contribution in [0.1, 0.15) is 51.3 Å². The maximum Gasteiger partial charge on any atom is 0.419 e. The van der Waals surface area contributed by atoms with E-state index in [1.54, 1.807) is 36.8 Å². The van der Waals surface area contributed by atoms with Crippen LogP contribution >= 0.6 is 12.2 Å². The van der Waals surface area contributed by atoms with Gasteiger partial charge < -0.3 is 28.8 Å². The molecule has 3 heterocycles. The van der Waals surface area contributed by atoms with Gasteiger partial charge in [-0.25, -0.2) is 9.78 Å². The lowest BCUT2D eigenvalue weighted by atomic mass is 9.76. The van der Waals surface area contributed by atoms with E-state index in [9.17, 15) is 27.6 Å². The van der Waals surface area contributed by atoms with Crippen molar-refractivity contribution in [3.63, 3.8) is 0 Å². The first-order valence-electron chi connectivity index (χ1n) is 13.3. The normalized spacial score (nSPS) is 16.5. The number of likely N-dealkylation sites (tertiary alicyclic amines) is 1. The molecule has 2 fully saturated rings. The molecule has 1 aliphatic heterocycles. The summed E-state index contributed by atoms with van der Waals surface area (Å²) in [4.78, 5) is 45.6. The minimum absolute atomic E-state index is 0.0113. The van der Waals surface area contributed by atoms with Gasteiger partial charge in [-0.1, -0.05) is 0 Å². The van der Waals surface area contributed by atoms with E-state index in [0.717, 1.165) is 25.0 Å². The zero-order valence-corrected chi connectivity index (χ0v) is 24.5. The highest BCUT2D eigenvalue weighted by atomic mass is 32.1. The predicted molar refractivity (Wildman–Crippen MR) is 152 cm³/mol. The first kappa shape index (κ1) is 31.0. The van der Waals surface area contributed by atoms with Gasteiger partial charge in [0, 0.05) is 44.9 Å². The number of thiocarbonyl (C=S) groups is 1. The number of halogens is 3. The van der Waals surface area contributed by atoms with Crippen LogP contribution in [0.25, 0.3) is 0 Å². The zero-order valence-electron chi connectivity index (χ0n) is 23.6. The molecule has 4 rings (SSSR count). The van der Waals surface area contributed by atoms with Gasteiger partial charge in [-0.05, 0) is 64.4 Å². The van der Waals surface area contributed by atoms with Crippen LogP contribution in [0.4, 0.5) is 29.3 Å². The van der Waals surface area contributed by atoms with E-state index in [4.69, 9.17) is 22.2 Å². The van der Waals surface area contributed by atoms with E-state index in [1.165, 1.54) is 34.7 Å². The fourth-order valence-corrected chi connectivity index (χ4v) is 5.32. The van der Waals surface area contributed by atoms with Crippen LogP contribution in [0.3, 0.4) is 0 Å². The third kappa shape index (κ3) is 6.25. The number of amides is 1. The fourth-order valence-electron chi connectivity index (χ4n) is 4.93. The molecule has 0 radical (unpaired) electrons. The highest BCUT2D eigenvalue weighted by Crippen LogP contribution is 2.40. The van der Waals surface area contributed by atoms with Crippen molar-refractivity contribution in [3.05, 3.63) is 52.2 Å². The molecule has 0 N–H and O–H groups in total. The Hall–Kier alpha value is -3.99. The first-order chi connectivity index (χ1) is 19.6. The molecule has 0 aromatic carbocycles. The number of rotatable bonds is 6. The lowest BCUT2D eigenvalue weighted by Gasteiger charge is -2.48. The number of carbonyl (C=O) groups is 2. The molecule has 1 aliphatic carbocycles. The Labute approximate surface area is 246 Å². The van der Waals surface area contributed by atoms with Gasteiger partial charge in [0.05, 0.1) is 23.1 Å². The van der Waals surface area contributed by atoms with E-state index in [0.29, 0.717) is 38.2 Å². The Morgan fingerprint density at radius 1 is 1.26 bits per heavy atom. The molecule has 2 aromatic rings. The summed E-state index contributed by atoms with van der Waals surface area (Å²) in [5.74, 6) is -0.0113. The van der Waals surface area contributed by atoms with Crippen molar-refractivity contribution in [2.45, 2.75) is 63.9 Å². The lowest BCUT2D eigenvalue weighted by Crippen LogP contribution is -2.61. The number of nitrogens with zero attached hydrogens (tertiary/aromatic N) is 6. The van der Waals surface area contributed by atoms with Crippen LogP contribution in [0.15, 0.2) is 35.4 Å². The largest absolute Gasteiger partial charge is 0.444 e. The SMILES string of the molecule is CN(C(=S)N(c1ccc(=O)n(CC2CN(C(=O)OC(C)(C)C)C2)c1)C1(C=O)CCC1)c1cnc(C#N)c(C(F)(F)F)c1. The summed E-state index contributed by atoms with van der Waals surface area (Å²) in [5, 5.41) is 9.12. The second kappa shape index (κ2) is 11.4. The van der Waals surface area contributed by atoms with Crippen molar-refractivity contribution >= 4 is 41.1 Å². The lowest BCUT2D eigenvalue weighted by molar-refractivity contribution is -0.138. The molecule has 1 saturated heterocycles. The van der Waals surface area contributed by atoms with E-state index >= 15 is 0 Å². The molecule has 42 heavy (non-hydrogen) atoms. The van der Waals surface area contributed by atoms with Crippen molar-refractivity contribution in [2.24, 2.45) is 5.92 Å². The molecule has 0 bridgehead atoms. The summed E-state index contributed by atoms with van der Waals surface area (Å²) in [7, 11) is 1.45. The molecule has 14 heteroatoms. The summed E-state index contributed by atoms with van der Waals surface area (Å²) in [6.45, 7) is 6.45. The van der Waals surface area contributed by atoms with Crippen LogP contribution in [0.2, 0.25) is 0 Å². The van der Waals surface area contributed by atoms with Gasteiger partial charge in [-0.2, -0.15) is 18.4 Å². The van der Waals surface area contributed by atoms with Crippen LogP contribution in [-0.2, 0) is 22.3 Å². The fraction of sp³-hybridized carbons (Fsp3) is 0.500. The Kier molecular flexibility index (Phi) is 8.37. The molecule has 0 spiro atoms. The first-order valence-corrected chi connectivity index (χ1v) is 13.7. The van der Waals surface area contributed by atoms with Gasteiger partial charge >= 0.3 is 12.3 Å². The number of alkyl halides is 3. The summed E-state index contributed by atoms with van der Waals surface area (Å²) >= 11 is 5.73. The third-order valence-electron chi connectivity index (χ3n) is 7.32. The molecule has 0 unspecified atom stereocenters. The molecule has 10 nitrogen and oxygen atoms in total. The number of aromatic nitrogens is 2. The van der Waals surface area contributed by atoms with Crippen molar-refractivity contribution in [1.82, 2.24) is 14.5 Å².